The molecule has 0 atom stereocenters. The van der Waals surface area contributed by atoms with Crippen molar-refractivity contribution in [2.75, 3.05) is 51.5 Å². The smallest absolute Gasteiger partial charge is 0.242 e. The Labute approximate surface area is 115 Å². The summed E-state index contributed by atoms with van der Waals surface area (Å²) in [5.74, 6) is 1.21. The van der Waals surface area contributed by atoms with Gasteiger partial charge in [-0.1, -0.05) is 6.92 Å². The average molecular weight is 267 g/mol. The van der Waals surface area contributed by atoms with Crippen molar-refractivity contribution in [2.24, 2.45) is 0 Å². The lowest BCUT2D eigenvalue weighted by atomic mass is 10.3. The Kier molecular flexibility index (Phi) is 6.35. The van der Waals surface area contributed by atoms with Gasteiger partial charge in [0, 0.05) is 13.6 Å². The quantitative estimate of drug-likeness (QED) is 0.764. The van der Waals surface area contributed by atoms with Gasteiger partial charge in [-0.25, -0.2) is 4.98 Å². The van der Waals surface area contributed by atoms with Crippen LogP contribution < -0.4 is 15.4 Å². The number of ether oxygens (including phenoxy) is 1. The van der Waals surface area contributed by atoms with E-state index in [2.05, 4.69) is 29.0 Å². The van der Waals surface area contributed by atoms with Crippen LogP contribution in [-0.2, 0) is 0 Å². The number of hydrogen-bond acceptors (Lipinski definition) is 6. The molecule has 6 heteroatoms. The molecule has 0 radical (unpaired) electrons. The molecule has 0 saturated heterocycles. The monoisotopic (exact) mass is 267 g/mol. The lowest BCUT2D eigenvalue weighted by Crippen LogP contribution is -2.25. The molecule has 6 nitrogen and oxygen atoms in total. The van der Waals surface area contributed by atoms with Crippen LogP contribution in [0, 0.1) is 0 Å². The minimum Gasteiger partial charge on any atom is -0.476 e. The first kappa shape index (κ1) is 15.5. The lowest BCUT2D eigenvalue weighted by molar-refractivity contribution is 0.306. The predicted molar refractivity (Wildman–Crippen MR) is 78.7 cm³/mol. The van der Waals surface area contributed by atoms with E-state index >= 15 is 0 Å². The molecule has 0 bridgehead atoms. The number of rotatable bonds is 8. The van der Waals surface area contributed by atoms with Crippen molar-refractivity contribution < 1.29 is 4.74 Å². The van der Waals surface area contributed by atoms with Crippen molar-refractivity contribution in [1.29, 1.82) is 0 Å². The number of nitrogens with two attached hydrogens (primary N) is 1. The normalized spacial score (nSPS) is 10.8. The highest BCUT2D eigenvalue weighted by atomic mass is 16.5. The molecule has 1 aromatic rings. The fourth-order valence-corrected chi connectivity index (χ4v) is 1.72. The fourth-order valence-electron chi connectivity index (χ4n) is 1.72. The molecule has 2 N–H and O–H groups in total. The zero-order chi connectivity index (χ0) is 14.3. The van der Waals surface area contributed by atoms with E-state index in [0.717, 1.165) is 31.7 Å². The summed E-state index contributed by atoms with van der Waals surface area (Å²) >= 11 is 0. The second-order valence-electron chi connectivity index (χ2n) is 4.84. The topological polar surface area (TPSA) is 67.5 Å². The number of hydrogen-bond donors (Lipinski definition) is 1. The number of anilines is 2. The highest BCUT2D eigenvalue weighted by molar-refractivity contribution is 5.67. The van der Waals surface area contributed by atoms with Crippen molar-refractivity contribution in [1.82, 2.24) is 14.9 Å². The summed E-state index contributed by atoms with van der Waals surface area (Å²) in [7, 11) is 6.11. The van der Waals surface area contributed by atoms with E-state index in [1.54, 1.807) is 0 Å². The van der Waals surface area contributed by atoms with E-state index in [4.69, 9.17) is 10.5 Å². The van der Waals surface area contributed by atoms with Crippen molar-refractivity contribution in [3.8, 4) is 5.88 Å². The van der Waals surface area contributed by atoms with E-state index < -0.39 is 0 Å². The fraction of sp³-hybridized carbons (Fsp3) is 0.692. The van der Waals surface area contributed by atoms with Gasteiger partial charge in [0.2, 0.25) is 5.88 Å². The van der Waals surface area contributed by atoms with E-state index in [1.165, 1.54) is 6.33 Å². The van der Waals surface area contributed by atoms with Crippen LogP contribution in [0.1, 0.15) is 19.8 Å². The summed E-state index contributed by atoms with van der Waals surface area (Å²) in [6, 6.07) is 0. The van der Waals surface area contributed by atoms with Gasteiger partial charge < -0.3 is 20.3 Å². The predicted octanol–water partition coefficient (Wildman–Crippen LogP) is 1.24. The molecule has 1 aromatic heterocycles. The number of nitrogen functional groups attached to an aromatic ring is 1. The highest BCUT2D eigenvalue weighted by Crippen LogP contribution is 2.27. The zero-order valence-electron chi connectivity index (χ0n) is 12.4. The first-order valence-electron chi connectivity index (χ1n) is 6.65. The maximum absolute atomic E-state index is 6.05. The lowest BCUT2D eigenvalue weighted by Gasteiger charge is -2.21. The highest BCUT2D eigenvalue weighted by Gasteiger charge is 2.12. The van der Waals surface area contributed by atoms with E-state index in [9.17, 15) is 0 Å². The molecular formula is C13H25N5O. The minimum atomic E-state index is 0.478. The van der Waals surface area contributed by atoms with Crippen LogP contribution in [0.5, 0.6) is 5.88 Å². The Hall–Kier alpha value is -1.56. The Morgan fingerprint density at radius 1 is 1.21 bits per heavy atom. The van der Waals surface area contributed by atoms with Crippen LogP contribution in [0.4, 0.5) is 11.5 Å². The van der Waals surface area contributed by atoms with Crippen LogP contribution in [0.2, 0.25) is 0 Å². The molecule has 0 aliphatic heterocycles. The van der Waals surface area contributed by atoms with E-state index in [0.29, 0.717) is 18.2 Å². The summed E-state index contributed by atoms with van der Waals surface area (Å²) in [6.07, 6.45) is 3.48. The Morgan fingerprint density at radius 3 is 2.58 bits per heavy atom. The molecule has 108 valence electrons. The van der Waals surface area contributed by atoms with Crippen molar-refractivity contribution in [2.45, 2.75) is 19.8 Å². The van der Waals surface area contributed by atoms with Gasteiger partial charge in [-0.15, -0.1) is 0 Å². The largest absolute Gasteiger partial charge is 0.476 e. The molecule has 1 heterocycles. The third-order valence-corrected chi connectivity index (χ3v) is 2.73. The molecule has 0 aromatic carbocycles. The summed E-state index contributed by atoms with van der Waals surface area (Å²) < 4.78 is 5.51. The van der Waals surface area contributed by atoms with Gasteiger partial charge in [0.25, 0.3) is 0 Å². The van der Waals surface area contributed by atoms with Crippen molar-refractivity contribution in [3.63, 3.8) is 0 Å². The van der Waals surface area contributed by atoms with Crippen LogP contribution in [0.3, 0.4) is 0 Å². The second-order valence-corrected chi connectivity index (χ2v) is 4.84. The van der Waals surface area contributed by atoms with Crippen LogP contribution in [0.15, 0.2) is 6.33 Å². The van der Waals surface area contributed by atoms with Gasteiger partial charge in [0.15, 0.2) is 5.82 Å². The first-order chi connectivity index (χ1) is 9.06. The van der Waals surface area contributed by atoms with Crippen molar-refractivity contribution >= 4 is 11.5 Å². The van der Waals surface area contributed by atoms with Gasteiger partial charge in [-0.3, -0.25) is 0 Å². The van der Waals surface area contributed by atoms with Crippen molar-refractivity contribution in [3.05, 3.63) is 6.33 Å². The maximum atomic E-state index is 6.05. The summed E-state index contributed by atoms with van der Waals surface area (Å²) in [5.41, 5.74) is 6.57. The summed E-state index contributed by atoms with van der Waals surface area (Å²) in [6.45, 7) is 4.60. The molecule has 0 unspecified atom stereocenters. The molecular weight excluding hydrogens is 242 g/mol. The van der Waals surface area contributed by atoms with Crippen LogP contribution >= 0.6 is 0 Å². The molecule has 0 spiro atoms. The van der Waals surface area contributed by atoms with Gasteiger partial charge >= 0.3 is 0 Å². The molecule has 0 fully saturated rings. The van der Waals surface area contributed by atoms with Gasteiger partial charge in [-0.2, -0.15) is 4.98 Å². The Balaban J connectivity index is 2.65. The molecule has 0 saturated carbocycles. The van der Waals surface area contributed by atoms with E-state index in [1.807, 2.05) is 18.9 Å². The third-order valence-electron chi connectivity index (χ3n) is 2.73. The standard InChI is InChI=1S/C13H25N5O/c1-5-9-19-13-11(14)12(15-10-16-13)18(4)8-6-7-17(2)3/h10H,5-9,14H2,1-4H3. The van der Waals surface area contributed by atoms with Crippen LogP contribution in [0.25, 0.3) is 0 Å². The molecule has 1 rings (SSSR count). The summed E-state index contributed by atoms with van der Waals surface area (Å²) in [4.78, 5) is 12.5. The third kappa shape index (κ3) is 4.90. The first-order valence-corrected chi connectivity index (χ1v) is 6.65. The van der Waals surface area contributed by atoms with Gasteiger partial charge in [-0.05, 0) is 33.5 Å². The zero-order valence-corrected chi connectivity index (χ0v) is 12.4. The molecule has 0 aliphatic rings. The van der Waals surface area contributed by atoms with E-state index in [-0.39, 0.29) is 0 Å². The molecule has 0 aliphatic carbocycles. The Morgan fingerprint density at radius 2 is 1.95 bits per heavy atom. The Bertz CT molecular complexity index is 383. The maximum Gasteiger partial charge on any atom is 0.242 e. The summed E-state index contributed by atoms with van der Waals surface area (Å²) in [5, 5.41) is 0. The molecule has 0 amide bonds. The molecule has 19 heavy (non-hydrogen) atoms. The minimum absolute atomic E-state index is 0.478. The average Bonchev–Trinajstić information content (AvgIpc) is 2.37. The SMILES string of the molecule is CCCOc1ncnc(N(C)CCCN(C)C)c1N. The number of aromatic nitrogens is 2. The van der Waals surface area contributed by atoms with Gasteiger partial charge in [0.05, 0.1) is 6.61 Å². The van der Waals surface area contributed by atoms with Gasteiger partial charge in [0.1, 0.15) is 12.0 Å². The second kappa shape index (κ2) is 7.78. The van der Waals surface area contributed by atoms with Crippen LogP contribution in [-0.4, -0.2) is 55.7 Å². The number of nitrogens with zero attached hydrogens (tertiary/aromatic N) is 4.